The normalized spacial score (nSPS) is 11.7. The summed E-state index contributed by atoms with van der Waals surface area (Å²) in [5.41, 5.74) is 6.45. The van der Waals surface area contributed by atoms with E-state index in [1.165, 1.54) is 12.1 Å². The number of nitrogens with one attached hydrogen (secondary N) is 1. The molecule has 1 aromatic carbocycles. The van der Waals surface area contributed by atoms with Crippen molar-refractivity contribution in [2.45, 2.75) is 18.2 Å². The highest BCUT2D eigenvalue weighted by Gasteiger charge is 2.15. The molecule has 0 amide bonds. The number of halogens is 1. The Morgan fingerprint density at radius 3 is 2.65 bits per heavy atom. The number of nitrogens with two attached hydrogens (primary N) is 1. The van der Waals surface area contributed by atoms with Gasteiger partial charge in [0.2, 0.25) is 10.0 Å². The summed E-state index contributed by atoms with van der Waals surface area (Å²) in [6.07, 6.45) is 0.362. The second kappa shape index (κ2) is 5.68. The van der Waals surface area contributed by atoms with Gasteiger partial charge in [0, 0.05) is 13.2 Å². The van der Waals surface area contributed by atoms with Gasteiger partial charge in [-0.05, 0) is 31.0 Å². The highest BCUT2D eigenvalue weighted by molar-refractivity contribution is 7.89. The van der Waals surface area contributed by atoms with Crippen molar-refractivity contribution in [1.82, 2.24) is 4.72 Å². The smallest absolute Gasteiger partial charge is 0.240 e. The van der Waals surface area contributed by atoms with Gasteiger partial charge in [0.25, 0.3) is 0 Å². The standard InChI is InChI=1S/C10H15ClN2O3S/c1-7-5-8(6-9(12)10(7)11)17(15,16)13-3-2-4-14/h5-6,13-14H,2-4,12H2,1H3. The van der Waals surface area contributed by atoms with E-state index in [1.54, 1.807) is 6.92 Å². The van der Waals surface area contributed by atoms with Crippen LogP contribution < -0.4 is 10.5 Å². The number of hydrogen-bond acceptors (Lipinski definition) is 4. The second-order valence-electron chi connectivity index (χ2n) is 3.62. The van der Waals surface area contributed by atoms with Crippen LogP contribution in [0.4, 0.5) is 5.69 Å². The van der Waals surface area contributed by atoms with Crippen molar-refractivity contribution in [2.75, 3.05) is 18.9 Å². The molecule has 0 aliphatic carbocycles. The molecule has 5 nitrogen and oxygen atoms in total. The second-order valence-corrected chi connectivity index (χ2v) is 5.76. The minimum Gasteiger partial charge on any atom is -0.397 e. The molecule has 0 aliphatic rings. The third kappa shape index (κ3) is 3.57. The van der Waals surface area contributed by atoms with Gasteiger partial charge >= 0.3 is 0 Å². The van der Waals surface area contributed by atoms with Crippen LogP contribution in [0.2, 0.25) is 5.02 Å². The van der Waals surface area contributed by atoms with E-state index in [0.717, 1.165) is 0 Å². The van der Waals surface area contributed by atoms with Gasteiger partial charge in [-0.2, -0.15) is 0 Å². The molecule has 4 N–H and O–H groups in total. The molecule has 0 saturated heterocycles. The molecule has 1 rings (SSSR count). The van der Waals surface area contributed by atoms with Crippen LogP contribution in [0.25, 0.3) is 0 Å². The maximum atomic E-state index is 11.8. The first-order valence-electron chi connectivity index (χ1n) is 5.04. The largest absolute Gasteiger partial charge is 0.397 e. The fourth-order valence-corrected chi connectivity index (χ4v) is 2.59. The van der Waals surface area contributed by atoms with E-state index in [-0.39, 0.29) is 23.7 Å². The van der Waals surface area contributed by atoms with E-state index < -0.39 is 10.0 Å². The van der Waals surface area contributed by atoms with Crippen molar-refractivity contribution < 1.29 is 13.5 Å². The number of aliphatic hydroxyl groups is 1. The highest BCUT2D eigenvalue weighted by Crippen LogP contribution is 2.26. The molecule has 0 fully saturated rings. The van der Waals surface area contributed by atoms with Gasteiger partial charge in [0.1, 0.15) is 0 Å². The van der Waals surface area contributed by atoms with Gasteiger partial charge in [-0.1, -0.05) is 11.6 Å². The lowest BCUT2D eigenvalue weighted by Crippen LogP contribution is -2.25. The Morgan fingerprint density at radius 1 is 1.47 bits per heavy atom. The summed E-state index contributed by atoms with van der Waals surface area (Å²) in [4.78, 5) is 0.0786. The first-order valence-corrected chi connectivity index (χ1v) is 6.90. The number of rotatable bonds is 5. The number of aryl methyl sites for hydroxylation is 1. The molecule has 0 unspecified atom stereocenters. The lowest BCUT2D eigenvalue weighted by atomic mass is 10.2. The van der Waals surface area contributed by atoms with Crippen LogP contribution in [-0.2, 0) is 10.0 Å². The predicted octanol–water partition coefficient (Wildman–Crippen LogP) is 0.891. The molecular weight excluding hydrogens is 264 g/mol. The Bertz CT molecular complexity index is 479. The quantitative estimate of drug-likeness (QED) is 0.551. The van der Waals surface area contributed by atoms with E-state index in [9.17, 15) is 8.42 Å². The third-order valence-electron chi connectivity index (χ3n) is 2.19. The molecule has 0 aromatic heterocycles. The molecule has 0 bridgehead atoms. The SMILES string of the molecule is Cc1cc(S(=O)(=O)NCCCO)cc(N)c1Cl. The van der Waals surface area contributed by atoms with E-state index in [4.69, 9.17) is 22.4 Å². The summed E-state index contributed by atoms with van der Waals surface area (Å²) < 4.78 is 26.0. The molecule has 96 valence electrons. The van der Waals surface area contributed by atoms with Gasteiger partial charge < -0.3 is 10.8 Å². The summed E-state index contributed by atoms with van der Waals surface area (Å²) in [6, 6.07) is 2.77. The summed E-state index contributed by atoms with van der Waals surface area (Å²) in [6.45, 7) is 1.80. The minimum absolute atomic E-state index is 0.0652. The maximum Gasteiger partial charge on any atom is 0.240 e. The average Bonchev–Trinajstić information content (AvgIpc) is 2.25. The zero-order valence-corrected chi connectivity index (χ0v) is 11.0. The van der Waals surface area contributed by atoms with Crippen LogP contribution in [0.5, 0.6) is 0 Å². The van der Waals surface area contributed by atoms with Crippen LogP contribution >= 0.6 is 11.6 Å². The van der Waals surface area contributed by atoms with Crippen molar-refractivity contribution in [1.29, 1.82) is 0 Å². The first kappa shape index (κ1) is 14.2. The van der Waals surface area contributed by atoms with Gasteiger partial charge in [0.05, 0.1) is 15.6 Å². The Hall–Kier alpha value is -0.820. The van der Waals surface area contributed by atoms with Crippen molar-refractivity contribution in [3.8, 4) is 0 Å². The molecule has 0 saturated carbocycles. The summed E-state index contributed by atoms with van der Waals surface area (Å²) in [5.74, 6) is 0. The van der Waals surface area contributed by atoms with Gasteiger partial charge in [0.15, 0.2) is 0 Å². The zero-order valence-electron chi connectivity index (χ0n) is 9.40. The fraction of sp³-hybridized carbons (Fsp3) is 0.400. The molecule has 0 radical (unpaired) electrons. The molecule has 7 heteroatoms. The summed E-state index contributed by atoms with van der Waals surface area (Å²) in [5, 5.41) is 8.95. The van der Waals surface area contributed by atoms with Crippen LogP contribution in [0.1, 0.15) is 12.0 Å². The van der Waals surface area contributed by atoms with Crippen LogP contribution in [-0.4, -0.2) is 26.7 Å². The van der Waals surface area contributed by atoms with Crippen molar-refractivity contribution in [3.63, 3.8) is 0 Å². The van der Waals surface area contributed by atoms with E-state index >= 15 is 0 Å². The number of hydrogen-bond donors (Lipinski definition) is 3. The molecule has 17 heavy (non-hydrogen) atoms. The van der Waals surface area contributed by atoms with E-state index in [1.807, 2.05) is 0 Å². The fourth-order valence-electron chi connectivity index (χ4n) is 1.29. The number of benzene rings is 1. The minimum atomic E-state index is -3.59. The van der Waals surface area contributed by atoms with Crippen molar-refractivity contribution in [3.05, 3.63) is 22.7 Å². The molecule has 0 aliphatic heterocycles. The van der Waals surface area contributed by atoms with Crippen molar-refractivity contribution >= 4 is 27.3 Å². The average molecular weight is 279 g/mol. The summed E-state index contributed by atoms with van der Waals surface area (Å²) in [7, 11) is -3.59. The molecular formula is C10H15ClN2O3S. The number of anilines is 1. The van der Waals surface area contributed by atoms with Gasteiger partial charge in [-0.15, -0.1) is 0 Å². The number of aliphatic hydroxyl groups excluding tert-OH is 1. The topological polar surface area (TPSA) is 92.4 Å². The highest BCUT2D eigenvalue weighted by atomic mass is 35.5. The van der Waals surface area contributed by atoms with Gasteiger partial charge in [-0.25, -0.2) is 13.1 Å². The van der Waals surface area contributed by atoms with Crippen molar-refractivity contribution in [2.24, 2.45) is 0 Å². The number of sulfonamides is 1. The lowest BCUT2D eigenvalue weighted by molar-refractivity contribution is 0.289. The van der Waals surface area contributed by atoms with Crippen LogP contribution in [0.3, 0.4) is 0 Å². The first-order chi connectivity index (χ1) is 7.88. The van der Waals surface area contributed by atoms with E-state index in [2.05, 4.69) is 4.72 Å². The zero-order chi connectivity index (χ0) is 13.1. The molecule has 0 atom stereocenters. The molecule has 0 heterocycles. The Kier molecular flexibility index (Phi) is 4.76. The predicted molar refractivity (Wildman–Crippen MR) is 67.5 cm³/mol. The molecule has 0 spiro atoms. The monoisotopic (exact) mass is 278 g/mol. The Labute approximate surface area is 106 Å². The van der Waals surface area contributed by atoms with Crippen LogP contribution in [0, 0.1) is 6.92 Å². The molecule has 1 aromatic rings. The maximum absolute atomic E-state index is 11.8. The van der Waals surface area contributed by atoms with Gasteiger partial charge in [-0.3, -0.25) is 0 Å². The number of nitrogen functional groups attached to an aromatic ring is 1. The lowest BCUT2D eigenvalue weighted by Gasteiger charge is -2.09. The summed E-state index contributed by atoms with van der Waals surface area (Å²) >= 11 is 5.85. The third-order valence-corrected chi connectivity index (χ3v) is 4.15. The Morgan fingerprint density at radius 2 is 2.12 bits per heavy atom. The van der Waals surface area contributed by atoms with Crippen LogP contribution in [0.15, 0.2) is 17.0 Å². The Balaban J connectivity index is 2.99. The van der Waals surface area contributed by atoms with E-state index in [0.29, 0.717) is 17.0 Å².